The molecule has 18 heavy (non-hydrogen) atoms. The van der Waals surface area contributed by atoms with Crippen molar-refractivity contribution in [3.63, 3.8) is 0 Å². The molecule has 0 aromatic heterocycles. The first-order valence-electron chi connectivity index (χ1n) is 5.73. The molecule has 1 aromatic carbocycles. The van der Waals surface area contributed by atoms with E-state index in [9.17, 15) is 4.79 Å². The fraction of sp³-hybridized carbons (Fsp3) is 0.462. The first-order chi connectivity index (χ1) is 7.98. The summed E-state index contributed by atoms with van der Waals surface area (Å²) in [4.78, 5) is 12.1. The molecule has 1 aromatic rings. The minimum absolute atomic E-state index is 0. The van der Waals surface area contributed by atoms with Gasteiger partial charge in [-0.3, -0.25) is 4.79 Å². The summed E-state index contributed by atoms with van der Waals surface area (Å²) >= 11 is 3.42. The highest BCUT2D eigenvalue weighted by Gasteiger charge is 2.29. The Bertz CT molecular complexity index is 396. The number of nitrogens with one attached hydrogen (secondary N) is 1. The van der Waals surface area contributed by atoms with Crippen molar-refractivity contribution in [2.75, 3.05) is 13.1 Å². The van der Waals surface area contributed by atoms with E-state index in [0.29, 0.717) is 13.1 Å². The fourth-order valence-electron chi connectivity index (χ4n) is 1.53. The number of amides is 1. The second-order valence-corrected chi connectivity index (χ2v) is 5.45. The molecule has 3 nitrogen and oxygen atoms in total. The number of rotatable bonds is 5. The molecule has 0 fully saturated rings. The highest BCUT2D eigenvalue weighted by atomic mass is 79.9. The molecule has 102 valence electrons. The number of hydrogen-bond acceptors (Lipinski definition) is 2. The molecule has 0 saturated carbocycles. The van der Waals surface area contributed by atoms with E-state index in [1.54, 1.807) is 0 Å². The number of benzene rings is 1. The summed E-state index contributed by atoms with van der Waals surface area (Å²) in [5, 5.41) is 2.91. The van der Waals surface area contributed by atoms with Crippen molar-refractivity contribution in [3.05, 3.63) is 34.3 Å². The van der Waals surface area contributed by atoms with Gasteiger partial charge in [-0.1, -0.05) is 28.1 Å². The van der Waals surface area contributed by atoms with E-state index >= 15 is 0 Å². The average Bonchev–Trinajstić information content (AvgIpc) is 2.29. The maximum atomic E-state index is 12.1. The molecule has 0 atom stereocenters. The maximum absolute atomic E-state index is 12.1. The van der Waals surface area contributed by atoms with E-state index in [4.69, 9.17) is 5.73 Å². The third-order valence-electron chi connectivity index (χ3n) is 2.78. The summed E-state index contributed by atoms with van der Waals surface area (Å²) in [5.74, 6) is 0.0315. The van der Waals surface area contributed by atoms with Crippen LogP contribution in [0.1, 0.15) is 25.8 Å². The van der Waals surface area contributed by atoms with E-state index in [2.05, 4.69) is 21.2 Å². The molecule has 0 aliphatic heterocycles. The summed E-state index contributed by atoms with van der Waals surface area (Å²) in [7, 11) is 0. The van der Waals surface area contributed by atoms with Crippen LogP contribution < -0.4 is 11.1 Å². The van der Waals surface area contributed by atoms with Gasteiger partial charge in [0.15, 0.2) is 0 Å². The van der Waals surface area contributed by atoms with Crippen molar-refractivity contribution in [3.8, 4) is 0 Å². The van der Waals surface area contributed by atoms with Gasteiger partial charge < -0.3 is 11.1 Å². The highest BCUT2D eigenvalue weighted by Crippen LogP contribution is 2.25. The molecule has 0 saturated heterocycles. The van der Waals surface area contributed by atoms with Gasteiger partial charge in [-0.25, -0.2) is 0 Å². The van der Waals surface area contributed by atoms with Crippen molar-refractivity contribution in [1.29, 1.82) is 0 Å². The number of nitrogens with two attached hydrogens (primary N) is 1. The standard InChI is InChI=1S/C13H19BrN2O.ClH/c1-13(2,12(17)16-8-4-7-15)10-5-3-6-11(14)9-10;/h3,5-6,9H,4,7-8,15H2,1-2H3,(H,16,17);1H. The molecule has 0 heterocycles. The summed E-state index contributed by atoms with van der Waals surface area (Å²) < 4.78 is 0.984. The first kappa shape index (κ1) is 17.4. The Morgan fingerprint density at radius 1 is 1.44 bits per heavy atom. The van der Waals surface area contributed by atoms with Crippen LogP contribution in [0.25, 0.3) is 0 Å². The highest BCUT2D eigenvalue weighted by molar-refractivity contribution is 9.10. The second kappa shape index (κ2) is 7.77. The van der Waals surface area contributed by atoms with Crippen LogP contribution in [-0.2, 0) is 10.2 Å². The van der Waals surface area contributed by atoms with Crippen molar-refractivity contribution < 1.29 is 4.79 Å². The van der Waals surface area contributed by atoms with Crippen molar-refractivity contribution in [2.45, 2.75) is 25.7 Å². The summed E-state index contributed by atoms with van der Waals surface area (Å²) in [5.41, 5.74) is 5.87. The van der Waals surface area contributed by atoms with Gasteiger partial charge in [-0.05, 0) is 44.5 Å². The molecular weight excluding hydrogens is 316 g/mol. The van der Waals surface area contributed by atoms with Gasteiger partial charge in [0.05, 0.1) is 5.41 Å². The first-order valence-corrected chi connectivity index (χ1v) is 6.52. The molecule has 0 aliphatic carbocycles. The molecule has 0 spiro atoms. The van der Waals surface area contributed by atoms with Crippen molar-refractivity contribution in [2.24, 2.45) is 5.73 Å². The molecule has 3 N–H and O–H groups in total. The van der Waals surface area contributed by atoms with Crippen molar-refractivity contribution >= 4 is 34.2 Å². The summed E-state index contributed by atoms with van der Waals surface area (Å²) in [6, 6.07) is 7.83. The van der Waals surface area contributed by atoms with Crippen LogP contribution in [0, 0.1) is 0 Å². The van der Waals surface area contributed by atoms with Crippen LogP contribution in [-0.4, -0.2) is 19.0 Å². The Kier molecular flexibility index (Phi) is 7.52. The molecule has 1 rings (SSSR count). The van der Waals surface area contributed by atoms with Crippen LogP contribution in [0.15, 0.2) is 28.7 Å². The van der Waals surface area contributed by atoms with Gasteiger partial charge in [-0.2, -0.15) is 0 Å². The van der Waals surface area contributed by atoms with Crippen LogP contribution in [0.3, 0.4) is 0 Å². The third-order valence-corrected chi connectivity index (χ3v) is 3.27. The summed E-state index contributed by atoms with van der Waals surface area (Å²) in [6.45, 7) is 5.07. The van der Waals surface area contributed by atoms with Gasteiger partial charge in [0, 0.05) is 11.0 Å². The number of hydrogen-bond donors (Lipinski definition) is 2. The van der Waals surface area contributed by atoms with E-state index in [0.717, 1.165) is 16.5 Å². The zero-order valence-corrected chi connectivity index (χ0v) is 13.1. The molecule has 0 unspecified atom stereocenters. The van der Waals surface area contributed by atoms with Crippen LogP contribution in [0.5, 0.6) is 0 Å². The minimum atomic E-state index is -0.529. The van der Waals surface area contributed by atoms with Gasteiger partial charge in [-0.15, -0.1) is 12.4 Å². The average molecular weight is 336 g/mol. The van der Waals surface area contributed by atoms with Gasteiger partial charge in [0.1, 0.15) is 0 Å². The lowest BCUT2D eigenvalue weighted by atomic mass is 9.84. The minimum Gasteiger partial charge on any atom is -0.355 e. The van der Waals surface area contributed by atoms with Gasteiger partial charge >= 0.3 is 0 Å². The number of halogens is 2. The molecule has 0 aliphatic rings. The Morgan fingerprint density at radius 2 is 2.11 bits per heavy atom. The van der Waals surface area contributed by atoms with Crippen LogP contribution >= 0.6 is 28.3 Å². The van der Waals surface area contributed by atoms with Gasteiger partial charge in [0.2, 0.25) is 5.91 Å². The topological polar surface area (TPSA) is 55.1 Å². The van der Waals surface area contributed by atoms with E-state index in [1.165, 1.54) is 0 Å². The van der Waals surface area contributed by atoms with Crippen LogP contribution in [0.4, 0.5) is 0 Å². The SMILES string of the molecule is CC(C)(C(=O)NCCCN)c1cccc(Br)c1.Cl. The lowest BCUT2D eigenvalue weighted by molar-refractivity contribution is -0.125. The fourth-order valence-corrected chi connectivity index (χ4v) is 1.93. The predicted octanol–water partition coefficient (Wildman–Crippen LogP) is 2.61. The molecular formula is C13H20BrClN2O. The number of carbonyl (C=O) groups excluding carboxylic acids is 1. The smallest absolute Gasteiger partial charge is 0.230 e. The number of carbonyl (C=O) groups is 1. The lowest BCUT2D eigenvalue weighted by Gasteiger charge is -2.24. The van der Waals surface area contributed by atoms with Gasteiger partial charge in [0.25, 0.3) is 0 Å². The quantitative estimate of drug-likeness (QED) is 0.813. The Balaban J connectivity index is 0.00000289. The Morgan fingerprint density at radius 3 is 2.67 bits per heavy atom. The zero-order valence-electron chi connectivity index (χ0n) is 10.7. The lowest BCUT2D eigenvalue weighted by Crippen LogP contribution is -2.40. The zero-order chi connectivity index (χ0) is 12.9. The monoisotopic (exact) mass is 334 g/mol. The predicted molar refractivity (Wildman–Crippen MR) is 81.1 cm³/mol. The third kappa shape index (κ3) is 4.59. The van der Waals surface area contributed by atoms with E-state index in [-0.39, 0.29) is 18.3 Å². The maximum Gasteiger partial charge on any atom is 0.230 e. The molecule has 1 amide bonds. The van der Waals surface area contributed by atoms with E-state index in [1.807, 2.05) is 38.1 Å². The Hall–Kier alpha value is -0.580. The van der Waals surface area contributed by atoms with E-state index < -0.39 is 5.41 Å². The van der Waals surface area contributed by atoms with Crippen LogP contribution in [0.2, 0.25) is 0 Å². The Labute approximate surface area is 123 Å². The van der Waals surface area contributed by atoms with Crippen molar-refractivity contribution in [1.82, 2.24) is 5.32 Å². The normalized spacial score (nSPS) is 10.7. The second-order valence-electron chi connectivity index (χ2n) is 4.53. The molecule has 5 heteroatoms. The summed E-state index contributed by atoms with van der Waals surface area (Å²) in [6.07, 6.45) is 0.806. The molecule has 0 bridgehead atoms. The molecule has 0 radical (unpaired) electrons. The largest absolute Gasteiger partial charge is 0.355 e.